The van der Waals surface area contributed by atoms with E-state index in [0.717, 1.165) is 23.5 Å². The summed E-state index contributed by atoms with van der Waals surface area (Å²) in [5.41, 5.74) is -0.394. The normalized spacial score (nSPS) is 11.4. The van der Waals surface area contributed by atoms with Crippen molar-refractivity contribution < 1.29 is 22.7 Å². The van der Waals surface area contributed by atoms with Crippen LogP contribution in [0.5, 0.6) is 0 Å². The first-order valence-corrected chi connectivity index (χ1v) is 8.69. The standard InChI is InChI=1S/C11H6BrClFNO4S2/c12-10-8(4-7(20-10)11(16)17)21(18,19)15-9-5(13)2-1-3-6(9)14/h1-4,15H,(H,16,17). The average molecular weight is 415 g/mol. The number of carboxylic acid groups (broad SMARTS) is 1. The molecule has 2 rings (SSSR count). The van der Waals surface area contributed by atoms with Crippen LogP contribution < -0.4 is 4.72 Å². The third-order valence-electron chi connectivity index (χ3n) is 2.35. The highest BCUT2D eigenvalue weighted by Gasteiger charge is 2.25. The summed E-state index contributed by atoms with van der Waals surface area (Å²) < 4.78 is 40.1. The molecule has 0 aliphatic carbocycles. The monoisotopic (exact) mass is 413 g/mol. The number of rotatable bonds is 4. The third kappa shape index (κ3) is 3.37. The second-order valence-corrected chi connectivity index (χ2v) is 8.18. The molecular weight excluding hydrogens is 409 g/mol. The highest BCUT2D eigenvalue weighted by Crippen LogP contribution is 2.34. The molecule has 0 bridgehead atoms. The lowest BCUT2D eigenvalue weighted by Gasteiger charge is -2.09. The molecule has 0 radical (unpaired) electrons. The van der Waals surface area contributed by atoms with Gasteiger partial charge in [0.05, 0.1) is 8.81 Å². The van der Waals surface area contributed by atoms with Crippen molar-refractivity contribution in [2.24, 2.45) is 0 Å². The average Bonchev–Trinajstić information content (AvgIpc) is 2.77. The van der Waals surface area contributed by atoms with E-state index in [2.05, 4.69) is 15.9 Å². The van der Waals surface area contributed by atoms with Crippen LogP contribution in [-0.4, -0.2) is 19.5 Å². The Balaban J connectivity index is 2.46. The van der Waals surface area contributed by atoms with Crippen LogP contribution in [0, 0.1) is 5.82 Å². The van der Waals surface area contributed by atoms with Crippen molar-refractivity contribution in [1.82, 2.24) is 0 Å². The van der Waals surface area contributed by atoms with Crippen molar-refractivity contribution in [2.75, 3.05) is 4.72 Å². The summed E-state index contributed by atoms with van der Waals surface area (Å²) in [6, 6.07) is 4.69. The maximum atomic E-state index is 13.6. The lowest BCUT2D eigenvalue weighted by molar-refractivity contribution is 0.0702. The minimum absolute atomic E-state index is 0.0971. The number of aromatic carboxylic acids is 1. The molecule has 10 heteroatoms. The zero-order valence-electron chi connectivity index (χ0n) is 9.93. The quantitative estimate of drug-likeness (QED) is 0.797. The van der Waals surface area contributed by atoms with E-state index in [0.29, 0.717) is 0 Å². The molecule has 0 spiro atoms. The first-order valence-electron chi connectivity index (χ1n) is 5.22. The molecule has 0 atom stereocenters. The van der Waals surface area contributed by atoms with E-state index >= 15 is 0 Å². The number of carbonyl (C=O) groups is 1. The van der Waals surface area contributed by atoms with Gasteiger partial charge in [-0.3, -0.25) is 4.72 Å². The highest BCUT2D eigenvalue weighted by atomic mass is 79.9. The summed E-state index contributed by atoms with van der Waals surface area (Å²) in [5.74, 6) is -2.10. The molecule has 0 fully saturated rings. The van der Waals surface area contributed by atoms with Crippen molar-refractivity contribution in [2.45, 2.75) is 4.90 Å². The number of thiophene rings is 1. The van der Waals surface area contributed by atoms with Gasteiger partial charge in [-0.15, -0.1) is 11.3 Å². The van der Waals surface area contributed by atoms with Crippen LogP contribution in [-0.2, 0) is 10.0 Å². The van der Waals surface area contributed by atoms with Gasteiger partial charge in [-0.25, -0.2) is 17.6 Å². The lowest BCUT2D eigenvalue weighted by Crippen LogP contribution is -2.14. The zero-order valence-corrected chi connectivity index (χ0v) is 13.9. The van der Waals surface area contributed by atoms with Crippen LogP contribution in [0.2, 0.25) is 5.02 Å². The molecule has 0 saturated heterocycles. The molecule has 1 aromatic carbocycles. The zero-order chi connectivity index (χ0) is 15.8. The van der Waals surface area contributed by atoms with E-state index in [1.807, 2.05) is 4.72 Å². The molecule has 2 N–H and O–H groups in total. The van der Waals surface area contributed by atoms with E-state index in [9.17, 15) is 17.6 Å². The van der Waals surface area contributed by atoms with Crippen LogP contribution in [0.1, 0.15) is 9.67 Å². The van der Waals surface area contributed by atoms with Gasteiger partial charge in [0.1, 0.15) is 21.3 Å². The van der Waals surface area contributed by atoms with Gasteiger partial charge in [0.15, 0.2) is 0 Å². The Morgan fingerprint density at radius 2 is 2.10 bits per heavy atom. The summed E-state index contributed by atoms with van der Waals surface area (Å²) in [6.07, 6.45) is 0. The van der Waals surface area contributed by atoms with Crippen LogP contribution in [0.4, 0.5) is 10.1 Å². The molecule has 0 aliphatic rings. The number of sulfonamides is 1. The first-order chi connectivity index (χ1) is 9.72. The van der Waals surface area contributed by atoms with Crippen LogP contribution >= 0.6 is 38.9 Å². The molecule has 1 heterocycles. The molecule has 21 heavy (non-hydrogen) atoms. The fraction of sp³-hybridized carbons (Fsp3) is 0. The van der Waals surface area contributed by atoms with Gasteiger partial charge < -0.3 is 5.11 Å². The number of halogens is 3. The van der Waals surface area contributed by atoms with Gasteiger partial charge >= 0.3 is 5.97 Å². The minimum Gasteiger partial charge on any atom is -0.477 e. The van der Waals surface area contributed by atoms with E-state index in [-0.39, 0.29) is 18.6 Å². The van der Waals surface area contributed by atoms with Crippen molar-refractivity contribution in [3.63, 3.8) is 0 Å². The molecule has 2 aromatic rings. The maximum Gasteiger partial charge on any atom is 0.345 e. The Hall–Kier alpha value is -1.16. The summed E-state index contributed by atoms with van der Waals surface area (Å²) in [4.78, 5) is 10.4. The molecule has 0 amide bonds. The predicted octanol–water partition coefficient (Wildman–Crippen LogP) is 3.80. The molecule has 112 valence electrons. The molecule has 0 aliphatic heterocycles. The van der Waals surface area contributed by atoms with Crippen LogP contribution in [0.15, 0.2) is 32.9 Å². The number of anilines is 1. The van der Waals surface area contributed by atoms with Crippen LogP contribution in [0.3, 0.4) is 0 Å². The Morgan fingerprint density at radius 1 is 1.43 bits per heavy atom. The minimum atomic E-state index is -4.18. The highest BCUT2D eigenvalue weighted by molar-refractivity contribution is 9.11. The van der Waals surface area contributed by atoms with Crippen molar-refractivity contribution >= 4 is 60.5 Å². The fourth-order valence-electron chi connectivity index (χ4n) is 1.43. The molecular formula is C11H6BrClFNO4S2. The van der Waals surface area contributed by atoms with Gasteiger partial charge in [-0.05, 0) is 34.1 Å². The summed E-state index contributed by atoms with van der Waals surface area (Å²) >= 11 is 9.47. The van der Waals surface area contributed by atoms with Gasteiger partial charge in [-0.1, -0.05) is 17.7 Å². The predicted molar refractivity (Wildman–Crippen MR) is 81.2 cm³/mol. The van der Waals surface area contributed by atoms with E-state index in [1.54, 1.807) is 0 Å². The van der Waals surface area contributed by atoms with E-state index in [1.165, 1.54) is 12.1 Å². The second-order valence-electron chi connectivity index (χ2n) is 3.76. The van der Waals surface area contributed by atoms with E-state index in [4.69, 9.17) is 16.7 Å². The second kappa shape index (κ2) is 5.91. The molecule has 0 unspecified atom stereocenters. The third-order valence-corrected chi connectivity index (χ3v) is 6.26. The first kappa shape index (κ1) is 16.2. The lowest BCUT2D eigenvalue weighted by atomic mass is 10.3. The smallest absolute Gasteiger partial charge is 0.345 e. The van der Waals surface area contributed by atoms with Crippen molar-refractivity contribution in [3.8, 4) is 0 Å². The number of hydrogen-bond acceptors (Lipinski definition) is 4. The summed E-state index contributed by atoms with van der Waals surface area (Å²) in [5, 5.41) is 8.75. The van der Waals surface area contributed by atoms with Gasteiger partial charge in [0.25, 0.3) is 10.0 Å². The Labute approximate surface area is 136 Å². The summed E-state index contributed by atoms with van der Waals surface area (Å²) in [6.45, 7) is 0. The topological polar surface area (TPSA) is 83.5 Å². The van der Waals surface area contributed by atoms with Crippen molar-refractivity contribution in [3.05, 3.63) is 43.8 Å². The SMILES string of the molecule is O=C(O)c1cc(S(=O)(=O)Nc2c(F)cccc2Cl)c(Br)s1. The number of benzene rings is 1. The Bertz CT molecular complexity index is 801. The largest absolute Gasteiger partial charge is 0.477 e. The maximum absolute atomic E-state index is 13.6. The fourth-order valence-corrected chi connectivity index (χ4v) is 5.18. The van der Waals surface area contributed by atoms with Gasteiger partial charge in [0, 0.05) is 0 Å². The number of nitrogens with one attached hydrogen (secondary N) is 1. The molecule has 0 saturated carbocycles. The number of hydrogen-bond donors (Lipinski definition) is 2. The van der Waals surface area contributed by atoms with Crippen LogP contribution in [0.25, 0.3) is 0 Å². The Kier molecular flexibility index (Phi) is 4.57. The Morgan fingerprint density at radius 3 is 2.62 bits per heavy atom. The van der Waals surface area contributed by atoms with Gasteiger partial charge in [-0.2, -0.15) is 0 Å². The van der Waals surface area contributed by atoms with Gasteiger partial charge in [0.2, 0.25) is 0 Å². The number of para-hydroxylation sites is 1. The van der Waals surface area contributed by atoms with E-state index < -0.39 is 27.5 Å². The van der Waals surface area contributed by atoms with Crippen molar-refractivity contribution in [1.29, 1.82) is 0 Å². The molecule has 5 nitrogen and oxygen atoms in total. The molecule has 1 aromatic heterocycles. The number of carboxylic acids is 1. The summed E-state index contributed by atoms with van der Waals surface area (Å²) in [7, 11) is -4.18.